The molecule has 110 valence electrons. The molecule has 1 heterocycles. The fourth-order valence-corrected chi connectivity index (χ4v) is 2.69. The van der Waals surface area contributed by atoms with E-state index in [0.717, 1.165) is 11.3 Å². The number of hydrogen-bond acceptors (Lipinski definition) is 5. The van der Waals surface area contributed by atoms with Crippen LogP contribution in [0.3, 0.4) is 0 Å². The van der Waals surface area contributed by atoms with Gasteiger partial charge >= 0.3 is 5.97 Å². The van der Waals surface area contributed by atoms with Crippen molar-refractivity contribution in [2.75, 3.05) is 7.11 Å². The molecule has 0 spiro atoms. The molecule has 0 atom stereocenters. The number of aliphatic hydroxyl groups is 1. The van der Waals surface area contributed by atoms with Gasteiger partial charge in [0.05, 0.1) is 17.0 Å². The molecule has 0 aromatic carbocycles. The van der Waals surface area contributed by atoms with Crippen LogP contribution in [0.25, 0.3) is 5.76 Å². The Morgan fingerprint density at radius 3 is 2.45 bits per heavy atom. The van der Waals surface area contributed by atoms with E-state index in [-0.39, 0.29) is 21.2 Å². The molecule has 0 aliphatic rings. The van der Waals surface area contributed by atoms with E-state index in [0.29, 0.717) is 4.34 Å². The van der Waals surface area contributed by atoms with Crippen LogP contribution < -0.4 is 0 Å². The third-order valence-electron chi connectivity index (χ3n) is 2.15. The van der Waals surface area contributed by atoms with Crippen LogP contribution in [0.5, 0.6) is 0 Å². The maximum absolute atomic E-state index is 11.8. The molecule has 0 radical (unpaired) electrons. The van der Waals surface area contributed by atoms with Crippen LogP contribution >= 0.6 is 34.5 Å². The number of carbonyl (C=O) groups excluding carboxylic acids is 1. The lowest BCUT2D eigenvalue weighted by Gasteiger charge is -2.12. The van der Waals surface area contributed by atoms with Gasteiger partial charge in [-0.25, -0.2) is 4.79 Å². The van der Waals surface area contributed by atoms with Crippen molar-refractivity contribution in [3.8, 4) is 0 Å². The Kier molecular flexibility index (Phi) is 5.62. The Hall–Kier alpha value is -1.04. The van der Waals surface area contributed by atoms with Crippen molar-refractivity contribution in [2.24, 2.45) is 4.99 Å². The number of ether oxygens (including phenoxy) is 1. The predicted octanol–water partition coefficient (Wildman–Crippen LogP) is 4.37. The van der Waals surface area contributed by atoms with E-state index in [1.165, 1.54) is 19.4 Å². The number of aliphatic imine (C=N–C) groups is 1. The summed E-state index contributed by atoms with van der Waals surface area (Å²) in [5.41, 5.74) is -0.184. The van der Waals surface area contributed by atoms with E-state index in [9.17, 15) is 9.90 Å². The number of hydrogen-bond donors (Lipinski definition) is 1. The molecule has 20 heavy (non-hydrogen) atoms. The number of methoxy groups -OCH3 is 1. The van der Waals surface area contributed by atoms with Gasteiger partial charge in [-0.3, -0.25) is 4.99 Å². The summed E-state index contributed by atoms with van der Waals surface area (Å²) in [5.74, 6) is -1.01. The lowest BCUT2D eigenvalue weighted by molar-refractivity contribution is -0.135. The smallest absolute Gasteiger partial charge is 0.343 e. The van der Waals surface area contributed by atoms with E-state index in [1.807, 2.05) is 20.8 Å². The molecule has 4 nitrogen and oxygen atoms in total. The molecule has 0 amide bonds. The van der Waals surface area contributed by atoms with Crippen molar-refractivity contribution in [1.29, 1.82) is 0 Å². The quantitative estimate of drug-likeness (QED) is 0.386. The fraction of sp³-hybridized carbons (Fsp3) is 0.385. The average Bonchev–Trinajstić information content (AvgIpc) is 2.66. The minimum absolute atomic E-state index is 0.0706. The summed E-state index contributed by atoms with van der Waals surface area (Å²) in [7, 11) is 1.22. The zero-order chi connectivity index (χ0) is 15.5. The van der Waals surface area contributed by atoms with Crippen molar-refractivity contribution in [3.63, 3.8) is 0 Å². The zero-order valence-corrected chi connectivity index (χ0v) is 13.9. The molecule has 7 heteroatoms. The third-order valence-corrected chi connectivity index (χ3v) is 3.64. The number of halogens is 2. The van der Waals surface area contributed by atoms with Crippen LogP contribution in [0.4, 0.5) is 0 Å². The predicted molar refractivity (Wildman–Crippen MR) is 84.1 cm³/mol. The first-order valence-corrected chi connectivity index (χ1v) is 7.25. The highest BCUT2D eigenvalue weighted by molar-refractivity contribution is 7.20. The van der Waals surface area contributed by atoms with Gasteiger partial charge in [-0.05, 0) is 26.8 Å². The second-order valence-electron chi connectivity index (χ2n) is 4.92. The summed E-state index contributed by atoms with van der Waals surface area (Å²) in [6.45, 7) is 5.59. The molecule has 0 aliphatic heterocycles. The van der Waals surface area contributed by atoms with Gasteiger partial charge < -0.3 is 9.84 Å². The van der Waals surface area contributed by atoms with Gasteiger partial charge in [0.2, 0.25) is 0 Å². The monoisotopic (exact) mass is 335 g/mol. The first-order chi connectivity index (χ1) is 9.15. The fourth-order valence-electron chi connectivity index (χ4n) is 1.23. The Bertz CT molecular complexity index is 571. The lowest BCUT2D eigenvalue weighted by Crippen LogP contribution is -2.14. The van der Waals surface area contributed by atoms with Crippen LogP contribution in [0.1, 0.15) is 26.3 Å². The number of carbonyl (C=O) groups is 1. The normalized spacial score (nSPS) is 13.5. The Balaban J connectivity index is 3.35. The first-order valence-electron chi connectivity index (χ1n) is 5.67. The molecule has 1 aromatic rings. The van der Waals surface area contributed by atoms with Gasteiger partial charge in [0, 0.05) is 11.8 Å². The van der Waals surface area contributed by atoms with Crippen LogP contribution in [-0.2, 0) is 9.53 Å². The van der Waals surface area contributed by atoms with Gasteiger partial charge in [0.15, 0.2) is 0 Å². The second kappa shape index (κ2) is 6.61. The van der Waals surface area contributed by atoms with Gasteiger partial charge in [-0.1, -0.05) is 23.2 Å². The summed E-state index contributed by atoms with van der Waals surface area (Å²) in [5, 5.41) is 10.2. The van der Waals surface area contributed by atoms with Crippen molar-refractivity contribution in [2.45, 2.75) is 26.3 Å². The largest absolute Gasteiger partial charge is 0.506 e. The van der Waals surface area contributed by atoms with Crippen molar-refractivity contribution in [1.82, 2.24) is 0 Å². The summed E-state index contributed by atoms with van der Waals surface area (Å²) in [4.78, 5) is 16.0. The molecule has 0 fully saturated rings. The van der Waals surface area contributed by atoms with E-state index >= 15 is 0 Å². The first kappa shape index (κ1) is 17.0. The highest BCUT2D eigenvalue weighted by Gasteiger charge is 2.20. The summed E-state index contributed by atoms with van der Waals surface area (Å²) in [6, 6.07) is 1.48. The van der Waals surface area contributed by atoms with Crippen LogP contribution in [0.2, 0.25) is 8.67 Å². The van der Waals surface area contributed by atoms with Gasteiger partial charge in [0.1, 0.15) is 15.7 Å². The van der Waals surface area contributed by atoms with E-state index in [1.54, 1.807) is 0 Å². The van der Waals surface area contributed by atoms with Crippen molar-refractivity contribution in [3.05, 3.63) is 25.9 Å². The highest BCUT2D eigenvalue weighted by atomic mass is 35.5. The van der Waals surface area contributed by atoms with Gasteiger partial charge in [-0.2, -0.15) is 0 Å². The molecule has 0 aliphatic carbocycles. The SMILES string of the molecule is COC(=O)/C(C=NC(C)(C)C)=C(/O)c1cc(Cl)sc1Cl. The van der Waals surface area contributed by atoms with Crippen LogP contribution in [0, 0.1) is 0 Å². The molecule has 0 bridgehead atoms. The molecular formula is C13H15Cl2NO3S. The van der Waals surface area contributed by atoms with Crippen LogP contribution in [-0.4, -0.2) is 29.9 Å². The Morgan fingerprint density at radius 2 is 2.05 bits per heavy atom. The molecule has 1 N–H and O–H groups in total. The number of nitrogens with zero attached hydrogens (tertiary/aromatic N) is 1. The molecule has 0 saturated carbocycles. The van der Waals surface area contributed by atoms with Crippen molar-refractivity contribution >= 4 is 52.5 Å². The summed E-state index contributed by atoms with van der Waals surface area (Å²) in [6.07, 6.45) is 1.28. The molecule has 0 unspecified atom stereocenters. The van der Waals surface area contributed by atoms with Gasteiger partial charge in [-0.15, -0.1) is 11.3 Å². The van der Waals surface area contributed by atoms with Crippen LogP contribution in [0.15, 0.2) is 16.6 Å². The minimum Gasteiger partial charge on any atom is -0.506 e. The number of rotatable bonds is 3. The number of thiophene rings is 1. The maximum Gasteiger partial charge on any atom is 0.343 e. The standard InChI is InChI=1S/C13H15Cl2NO3S/c1-13(2,3)16-6-8(12(18)19-4)10(17)7-5-9(14)20-11(7)15/h5-6,17H,1-4H3/b10-8+,16-6?. The molecule has 1 aromatic heterocycles. The highest BCUT2D eigenvalue weighted by Crippen LogP contribution is 2.35. The maximum atomic E-state index is 11.8. The Morgan fingerprint density at radius 1 is 1.45 bits per heavy atom. The number of esters is 1. The van der Waals surface area contributed by atoms with Crippen molar-refractivity contribution < 1.29 is 14.6 Å². The molecular weight excluding hydrogens is 321 g/mol. The lowest BCUT2D eigenvalue weighted by atomic mass is 10.1. The third kappa shape index (κ3) is 4.51. The minimum atomic E-state index is -0.700. The van der Waals surface area contributed by atoms with E-state index in [2.05, 4.69) is 9.73 Å². The average molecular weight is 336 g/mol. The molecule has 1 rings (SSSR count). The summed E-state index contributed by atoms with van der Waals surface area (Å²) < 4.78 is 5.35. The topological polar surface area (TPSA) is 58.9 Å². The summed E-state index contributed by atoms with van der Waals surface area (Å²) >= 11 is 12.9. The number of aliphatic hydroxyl groups excluding tert-OH is 1. The molecule has 0 saturated heterocycles. The van der Waals surface area contributed by atoms with E-state index < -0.39 is 11.5 Å². The second-order valence-corrected chi connectivity index (χ2v) is 7.21. The van der Waals surface area contributed by atoms with Gasteiger partial charge in [0.25, 0.3) is 0 Å². The zero-order valence-electron chi connectivity index (χ0n) is 11.5. The van der Waals surface area contributed by atoms with E-state index in [4.69, 9.17) is 23.2 Å². The Labute approximate surface area is 131 Å².